The van der Waals surface area contributed by atoms with Gasteiger partial charge in [-0.1, -0.05) is 23.5 Å². The second-order valence-corrected chi connectivity index (χ2v) is 6.25. The second-order valence-electron chi connectivity index (χ2n) is 5.19. The van der Waals surface area contributed by atoms with Crippen molar-refractivity contribution in [1.29, 1.82) is 0 Å². The van der Waals surface area contributed by atoms with Gasteiger partial charge in [0.2, 0.25) is 5.13 Å². The van der Waals surface area contributed by atoms with E-state index in [1.807, 2.05) is 0 Å². The molecule has 1 aromatic heterocycles. The first-order chi connectivity index (χ1) is 12.5. The van der Waals surface area contributed by atoms with E-state index >= 15 is 0 Å². The third-order valence-corrected chi connectivity index (χ3v) is 4.13. The molecule has 0 unspecified atom stereocenters. The maximum atomic E-state index is 12.8. The monoisotopic (exact) mass is 373 g/mol. The molecule has 0 saturated heterocycles. The molecule has 0 saturated carbocycles. The van der Waals surface area contributed by atoms with E-state index in [-0.39, 0.29) is 5.69 Å². The van der Waals surface area contributed by atoms with Crippen LogP contribution in [0.4, 0.5) is 25.7 Å². The van der Waals surface area contributed by atoms with Crippen molar-refractivity contribution in [3.63, 3.8) is 0 Å². The van der Waals surface area contributed by atoms with E-state index < -0.39 is 16.8 Å². The van der Waals surface area contributed by atoms with Gasteiger partial charge in [-0.2, -0.15) is 0 Å². The second kappa shape index (κ2) is 7.66. The van der Waals surface area contributed by atoms with Crippen molar-refractivity contribution in [3.8, 4) is 0 Å². The Balaban J connectivity index is 1.57. The molecule has 0 atom stereocenters. The zero-order valence-electron chi connectivity index (χ0n) is 13.2. The van der Waals surface area contributed by atoms with Crippen LogP contribution in [0, 0.1) is 15.9 Å². The largest absolute Gasteiger partial charge is 0.325 e. The van der Waals surface area contributed by atoms with E-state index in [9.17, 15) is 19.3 Å². The van der Waals surface area contributed by atoms with Crippen molar-refractivity contribution < 1.29 is 14.1 Å². The van der Waals surface area contributed by atoms with Gasteiger partial charge in [-0.05, 0) is 29.8 Å². The lowest BCUT2D eigenvalue weighted by molar-refractivity contribution is -0.384. The van der Waals surface area contributed by atoms with Crippen molar-refractivity contribution in [2.75, 3.05) is 10.6 Å². The predicted molar refractivity (Wildman–Crippen MR) is 94.9 cm³/mol. The zero-order valence-corrected chi connectivity index (χ0v) is 14.0. The molecule has 2 N–H and O–H groups in total. The van der Waals surface area contributed by atoms with Gasteiger partial charge in [-0.3, -0.25) is 15.4 Å². The number of benzene rings is 2. The van der Waals surface area contributed by atoms with E-state index in [0.717, 1.165) is 5.56 Å². The number of nitrogens with zero attached hydrogens (tertiary/aromatic N) is 3. The Morgan fingerprint density at radius 3 is 2.42 bits per heavy atom. The molecule has 3 rings (SSSR count). The van der Waals surface area contributed by atoms with E-state index in [2.05, 4.69) is 20.8 Å². The number of hydrogen-bond donors (Lipinski definition) is 2. The molecule has 1 heterocycles. The van der Waals surface area contributed by atoms with Crippen LogP contribution in [-0.4, -0.2) is 21.2 Å². The molecule has 0 fully saturated rings. The highest BCUT2D eigenvalue weighted by Crippen LogP contribution is 2.20. The average molecular weight is 373 g/mol. The fourth-order valence-electron chi connectivity index (χ4n) is 2.08. The van der Waals surface area contributed by atoms with Gasteiger partial charge >= 0.3 is 6.03 Å². The summed E-state index contributed by atoms with van der Waals surface area (Å²) in [6, 6.07) is 11.0. The lowest BCUT2D eigenvalue weighted by atomic mass is 10.1. The highest BCUT2D eigenvalue weighted by Gasteiger charge is 2.10. The Morgan fingerprint density at radius 1 is 1.08 bits per heavy atom. The summed E-state index contributed by atoms with van der Waals surface area (Å²) in [5, 5.41) is 24.6. The maximum Gasteiger partial charge on any atom is 0.325 e. The molecule has 2 amide bonds. The smallest absolute Gasteiger partial charge is 0.308 e. The van der Waals surface area contributed by atoms with Gasteiger partial charge in [0.05, 0.1) is 4.92 Å². The molecule has 132 valence electrons. The number of carbonyl (C=O) groups is 1. The van der Waals surface area contributed by atoms with Crippen molar-refractivity contribution in [1.82, 2.24) is 10.2 Å². The molecule has 0 aliphatic heterocycles. The predicted octanol–water partition coefficient (Wildman–Crippen LogP) is 3.82. The first-order valence-corrected chi connectivity index (χ1v) is 8.20. The number of rotatable bonds is 5. The number of halogens is 1. The van der Waals surface area contributed by atoms with Crippen LogP contribution < -0.4 is 10.6 Å². The van der Waals surface area contributed by atoms with Crippen molar-refractivity contribution in [2.45, 2.75) is 6.42 Å². The first kappa shape index (κ1) is 17.4. The lowest BCUT2D eigenvalue weighted by Crippen LogP contribution is -2.19. The van der Waals surface area contributed by atoms with E-state index in [0.29, 0.717) is 22.2 Å². The SMILES string of the molecule is O=C(Nc1ccc(F)cc1)Nc1nnc(Cc2ccc([N+](=O)[O-])cc2)s1. The lowest BCUT2D eigenvalue weighted by Gasteiger charge is -2.04. The Labute approximate surface area is 150 Å². The number of nitrogens with one attached hydrogen (secondary N) is 2. The van der Waals surface area contributed by atoms with Gasteiger partial charge in [0, 0.05) is 24.2 Å². The summed E-state index contributed by atoms with van der Waals surface area (Å²) >= 11 is 1.19. The summed E-state index contributed by atoms with van der Waals surface area (Å²) in [6.07, 6.45) is 0.441. The van der Waals surface area contributed by atoms with Crippen LogP contribution in [0.5, 0.6) is 0 Å². The van der Waals surface area contributed by atoms with Crippen molar-refractivity contribution in [3.05, 3.63) is 75.0 Å². The number of nitro benzene ring substituents is 1. The van der Waals surface area contributed by atoms with Gasteiger partial charge in [0.25, 0.3) is 5.69 Å². The first-order valence-electron chi connectivity index (χ1n) is 7.39. The highest BCUT2D eigenvalue weighted by molar-refractivity contribution is 7.15. The minimum Gasteiger partial charge on any atom is -0.308 e. The number of non-ortho nitro benzene ring substituents is 1. The molecule has 0 aliphatic carbocycles. The molecule has 0 bridgehead atoms. The molecule has 0 radical (unpaired) electrons. The minimum absolute atomic E-state index is 0.0193. The molecular formula is C16H12FN5O3S. The average Bonchev–Trinajstić information content (AvgIpc) is 3.04. The summed E-state index contributed by atoms with van der Waals surface area (Å²) in [5.41, 5.74) is 1.31. The number of anilines is 2. The molecule has 10 heteroatoms. The van der Waals surface area contributed by atoms with E-state index in [4.69, 9.17) is 0 Å². The standard InChI is InChI=1S/C16H12FN5O3S/c17-11-3-5-12(6-4-11)18-15(23)19-16-21-20-14(26-16)9-10-1-7-13(8-2-10)22(24)25/h1-8H,9H2,(H2,18,19,21,23). The van der Waals surface area contributed by atoms with Gasteiger partial charge in [-0.25, -0.2) is 9.18 Å². The van der Waals surface area contributed by atoms with Crippen LogP contribution in [0.15, 0.2) is 48.5 Å². The zero-order chi connectivity index (χ0) is 18.5. The number of amides is 2. The Bertz CT molecular complexity index is 928. The highest BCUT2D eigenvalue weighted by atomic mass is 32.1. The Kier molecular flexibility index (Phi) is 5.13. The third-order valence-electron chi connectivity index (χ3n) is 3.29. The Hall–Kier alpha value is -3.40. The van der Waals surface area contributed by atoms with Crippen LogP contribution in [0.25, 0.3) is 0 Å². The summed E-state index contributed by atoms with van der Waals surface area (Å²) in [7, 11) is 0. The summed E-state index contributed by atoms with van der Waals surface area (Å²) in [4.78, 5) is 22.1. The van der Waals surface area contributed by atoms with Gasteiger partial charge in [0.1, 0.15) is 10.8 Å². The van der Waals surface area contributed by atoms with Crippen LogP contribution in [0.2, 0.25) is 0 Å². The number of urea groups is 1. The number of nitro groups is 1. The van der Waals surface area contributed by atoms with Gasteiger partial charge in [-0.15, -0.1) is 10.2 Å². The van der Waals surface area contributed by atoms with E-state index in [1.165, 1.54) is 47.7 Å². The maximum absolute atomic E-state index is 12.8. The molecule has 8 nitrogen and oxygen atoms in total. The molecule has 2 aromatic carbocycles. The summed E-state index contributed by atoms with van der Waals surface area (Å²) < 4.78 is 12.8. The van der Waals surface area contributed by atoms with Crippen LogP contribution >= 0.6 is 11.3 Å². The molecule has 0 aliphatic rings. The topological polar surface area (TPSA) is 110 Å². The normalized spacial score (nSPS) is 10.3. The summed E-state index contributed by atoms with van der Waals surface area (Å²) in [6.45, 7) is 0. The van der Waals surface area contributed by atoms with E-state index in [1.54, 1.807) is 12.1 Å². The van der Waals surface area contributed by atoms with Crippen molar-refractivity contribution >= 4 is 33.9 Å². The molecular weight excluding hydrogens is 361 g/mol. The molecule has 26 heavy (non-hydrogen) atoms. The number of aromatic nitrogens is 2. The quantitative estimate of drug-likeness (QED) is 0.522. The molecule has 3 aromatic rings. The van der Waals surface area contributed by atoms with Crippen molar-refractivity contribution in [2.24, 2.45) is 0 Å². The number of carbonyl (C=O) groups excluding carboxylic acids is 1. The van der Waals surface area contributed by atoms with Gasteiger partial charge in [0.15, 0.2) is 0 Å². The van der Waals surface area contributed by atoms with Crippen LogP contribution in [0.3, 0.4) is 0 Å². The molecule has 0 spiro atoms. The number of hydrogen-bond acceptors (Lipinski definition) is 6. The minimum atomic E-state index is -0.519. The summed E-state index contributed by atoms with van der Waals surface area (Å²) in [5.74, 6) is -0.393. The Morgan fingerprint density at radius 2 is 1.77 bits per heavy atom. The fourth-order valence-corrected chi connectivity index (χ4v) is 2.85. The van der Waals surface area contributed by atoms with Gasteiger partial charge < -0.3 is 5.32 Å². The fraction of sp³-hybridized carbons (Fsp3) is 0.0625. The van der Waals surface area contributed by atoms with Crippen LogP contribution in [-0.2, 0) is 6.42 Å². The third kappa shape index (κ3) is 4.57. The van der Waals surface area contributed by atoms with Crippen LogP contribution in [0.1, 0.15) is 10.6 Å².